The van der Waals surface area contributed by atoms with Gasteiger partial charge in [0.05, 0.1) is 35.5 Å². The van der Waals surface area contributed by atoms with E-state index in [1.165, 1.54) is 0 Å². The van der Waals surface area contributed by atoms with E-state index in [0.717, 1.165) is 0 Å². The number of benzene rings is 1. The average Bonchev–Trinajstić information content (AvgIpc) is 3.39. The second-order valence-electron chi connectivity index (χ2n) is 8.08. The Morgan fingerprint density at radius 2 is 2.17 bits per heavy atom. The number of nitrogens with zero attached hydrogens (tertiary/aromatic N) is 5. The number of aromatic nitrogens is 5. The quantitative estimate of drug-likeness (QED) is 0.650. The number of phenolic OH excluding ortho intramolecular Hbond substituents is 1. The number of halogens is 1. The van der Waals surface area contributed by atoms with Crippen molar-refractivity contribution >= 4 is 5.57 Å². The zero-order valence-corrected chi connectivity index (χ0v) is 16.4. The molecule has 4 heterocycles. The molecule has 0 saturated carbocycles. The van der Waals surface area contributed by atoms with E-state index >= 15 is 0 Å². The third-order valence-electron chi connectivity index (χ3n) is 5.92. The van der Waals surface area contributed by atoms with Gasteiger partial charge in [-0.05, 0) is 43.2 Å². The molecule has 1 fully saturated rings. The van der Waals surface area contributed by atoms with Gasteiger partial charge in [0.15, 0.2) is 0 Å². The molecule has 2 aliphatic heterocycles. The smallest absolute Gasteiger partial charge is 0.127 e. The summed E-state index contributed by atoms with van der Waals surface area (Å²) in [6.07, 6.45) is 6.76. The molecule has 0 amide bonds. The van der Waals surface area contributed by atoms with Crippen LogP contribution in [-0.4, -0.2) is 48.1 Å². The molecular weight excluding hydrogens is 383 g/mol. The number of nitrogens with one attached hydrogen (secondary N) is 1. The number of hydrogen-bond donors (Lipinski definition) is 2. The van der Waals surface area contributed by atoms with Crippen LogP contribution in [0.3, 0.4) is 0 Å². The van der Waals surface area contributed by atoms with E-state index in [2.05, 4.69) is 39.3 Å². The topological polar surface area (TPSA) is 88.8 Å². The van der Waals surface area contributed by atoms with Crippen molar-refractivity contribution < 1.29 is 9.50 Å². The molecule has 0 spiro atoms. The van der Waals surface area contributed by atoms with Crippen LogP contribution in [0.4, 0.5) is 4.39 Å². The monoisotopic (exact) mass is 404 g/mol. The van der Waals surface area contributed by atoms with Crippen molar-refractivity contribution in [1.82, 2.24) is 30.5 Å². The Kier molecular flexibility index (Phi) is 4.25. The van der Waals surface area contributed by atoms with Crippen molar-refractivity contribution in [1.29, 1.82) is 0 Å². The van der Waals surface area contributed by atoms with Crippen LogP contribution in [0.2, 0.25) is 0 Å². The number of fused-ring (bicyclic) bond motifs is 2. The van der Waals surface area contributed by atoms with E-state index in [4.69, 9.17) is 0 Å². The van der Waals surface area contributed by atoms with Gasteiger partial charge in [0, 0.05) is 23.1 Å². The molecule has 1 unspecified atom stereocenters. The van der Waals surface area contributed by atoms with Crippen molar-refractivity contribution in [3.8, 4) is 22.7 Å². The number of alkyl halides is 1. The maximum atomic E-state index is 14.9. The van der Waals surface area contributed by atoms with Crippen LogP contribution in [0.25, 0.3) is 22.5 Å². The lowest BCUT2D eigenvalue weighted by Crippen LogP contribution is -2.54. The van der Waals surface area contributed by atoms with Gasteiger partial charge >= 0.3 is 0 Å². The van der Waals surface area contributed by atoms with Gasteiger partial charge in [-0.15, -0.1) is 10.2 Å². The van der Waals surface area contributed by atoms with Crippen LogP contribution in [0.5, 0.6) is 5.75 Å². The molecule has 5 rings (SSSR count). The van der Waals surface area contributed by atoms with Gasteiger partial charge < -0.3 is 5.11 Å². The standard InChI is InChI=1S/C22H21FN6O/c1-13(16-12-22(2)8-7-19(25-22)21(16)23)17-5-6-18(27-26-17)15-4-3-14(11-20(15)30)29-10-9-24-28-29/h3-11,16,19,21,25,30H,1,12H2,2H3/t16-,19?,21-,22+/m1/s1. The SMILES string of the molecule is C=C(c1ccc(-c2ccc(-n3ccnn3)cc2O)nn1)[C@H]1C[C@]2(C)C=CC(N2)[C@@H]1F. The van der Waals surface area contributed by atoms with Crippen molar-refractivity contribution in [2.24, 2.45) is 5.92 Å². The first kappa shape index (κ1) is 18.6. The minimum absolute atomic E-state index is 0.0571. The van der Waals surface area contributed by atoms with Gasteiger partial charge in [0.25, 0.3) is 0 Å². The normalized spacial score (nSPS) is 27.3. The van der Waals surface area contributed by atoms with E-state index in [1.807, 2.05) is 18.2 Å². The van der Waals surface area contributed by atoms with Crippen LogP contribution in [-0.2, 0) is 0 Å². The van der Waals surface area contributed by atoms with Crippen molar-refractivity contribution in [3.05, 3.63) is 67.2 Å². The maximum absolute atomic E-state index is 14.9. The first-order chi connectivity index (χ1) is 14.4. The van der Waals surface area contributed by atoms with Gasteiger partial charge in [0.2, 0.25) is 0 Å². The Morgan fingerprint density at radius 1 is 1.30 bits per heavy atom. The molecule has 3 aromatic rings. The molecule has 0 aliphatic carbocycles. The van der Waals surface area contributed by atoms with E-state index < -0.39 is 6.17 Å². The fraction of sp³-hybridized carbons (Fsp3) is 0.273. The summed E-state index contributed by atoms with van der Waals surface area (Å²) in [4.78, 5) is 0. The minimum Gasteiger partial charge on any atom is -0.507 e. The highest BCUT2D eigenvalue weighted by Gasteiger charge is 2.46. The summed E-state index contributed by atoms with van der Waals surface area (Å²) < 4.78 is 16.5. The predicted octanol–water partition coefficient (Wildman–Crippen LogP) is 3.09. The maximum Gasteiger partial charge on any atom is 0.127 e. The number of rotatable bonds is 4. The first-order valence-corrected chi connectivity index (χ1v) is 9.78. The largest absolute Gasteiger partial charge is 0.507 e. The van der Waals surface area contributed by atoms with E-state index in [0.29, 0.717) is 34.6 Å². The summed E-state index contributed by atoms with van der Waals surface area (Å²) in [6.45, 7) is 6.19. The summed E-state index contributed by atoms with van der Waals surface area (Å²) in [5, 5.41) is 29.9. The highest BCUT2D eigenvalue weighted by atomic mass is 19.1. The lowest BCUT2D eigenvalue weighted by molar-refractivity contribution is 0.146. The van der Waals surface area contributed by atoms with Crippen molar-refractivity contribution in [3.63, 3.8) is 0 Å². The molecule has 2 aromatic heterocycles. The van der Waals surface area contributed by atoms with Crippen LogP contribution in [0.15, 0.2) is 61.5 Å². The number of phenols is 1. The Balaban J connectivity index is 1.38. The Labute approximate surface area is 173 Å². The summed E-state index contributed by atoms with van der Waals surface area (Å²) in [5.41, 5.74) is 2.74. The molecule has 0 radical (unpaired) electrons. The van der Waals surface area contributed by atoms with Gasteiger partial charge in [0.1, 0.15) is 11.9 Å². The molecule has 7 nitrogen and oxygen atoms in total. The highest BCUT2D eigenvalue weighted by Crippen LogP contribution is 2.41. The number of allylic oxidation sites excluding steroid dienone is 1. The van der Waals surface area contributed by atoms with Crippen molar-refractivity contribution in [2.75, 3.05) is 0 Å². The molecule has 1 saturated heterocycles. The molecule has 30 heavy (non-hydrogen) atoms. The Hall–Kier alpha value is -3.39. The third kappa shape index (κ3) is 3.09. The second kappa shape index (κ2) is 6.84. The van der Waals surface area contributed by atoms with Crippen molar-refractivity contribution in [2.45, 2.75) is 31.1 Å². The lowest BCUT2D eigenvalue weighted by atomic mass is 9.78. The summed E-state index contributed by atoms with van der Waals surface area (Å²) in [5.74, 6) is -0.270. The average molecular weight is 404 g/mol. The van der Waals surface area contributed by atoms with Gasteiger partial charge in [-0.2, -0.15) is 5.10 Å². The number of hydrogen-bond acceptors (Lipinski definition) is 6. The molecule has 152 valence electrons. The molecule has 1 aromatic carbocycles. The number of piperidine rings is 1. The summed E-state index contributed by atoms with van der Waals surface area (Å²) >= 11 is 0. The summed E-state index contributed by atoms with van der Waals surface area (Å²) in [7, 11) is 0. The minimum atomic E-state index is -1.06. The van der Waals surface area contributed by atoms with E-state index in [9.17, 15) is 9.50 Å². The van der Waals surface area contributed by atoms with Gasteiger partial charge in [-0.3, -0.25) is 5.32 Å². The van der Waals surface area contributed by atoms with Gasteiger partial charge in [-0.1, -0.05) is 23.9 Å². The Bertz CT molecular complexity index is 1130. The second-order valence-corrected chi connectivity index (χ2v) is 8.08. The summed E-state index contributed by atoms with van der Waals surface area (Å²) in [6, 6.07) is 8.40. The van der Waals surface area contributed by atoms with E-state index in [1.54, 1.807) is 41.3 Å². The van der Waals surface area contributed by atoms with Crippen LogP contribution < -0.4 is 5.32 Å². The van der Waals surface area contributed by atoms with Gasteiger partial charge in [-0.25, -0.2) is 9.07 Å². The fourth-order valence-corrected chi connectivity index (χ4v) is 4.30. The number of aromatic hydroxyl groups is 1. The lowest BCUT2D eigenvalue weighted by Gasteiger charge is -2.39. The van der Waals surface area contributed by atoms with Crippen LogP contribution >= 0.6 is 0 Å². The van der Waals surface area contributed by atoms with Crippen LogP contribution in [0, 0.1) is 5.92 Å². The molecule has 2 bridgehead atoms. The molecule has 2 N–H and O–H groups in total. The predicted molar refractivity (Wildman–Crippen MR) is 111 cm³/mol. The molecule has 2 aliphatic rings. The highest BCUT2D eigenvalue weighted by molar-refractivity contribution is 5.70. The Morgan fingerprint density at radius 3 is 2.87 bits per heavy atom. The fourth-order valence-electron chi connectivity index (χ4n) is 4.30. The van der Waals surface area contributed by atoms with E-state index in [-0.39, 0.29) is 23.2 Å². The molecule has 4 atom stereocenters. The molecular formula is C22H21FN6O. The zero-order valence-electron chi connectivity index (χ0n) is 16.4. The third-order valence-corrected chi connectivity index (χ3v) is 5.92. The zero-order chi connectivity index (χ0) is 20.9. The van der Waals surface area contributed by atoms with Crippen LogP contribution in [0.1, 0.15) is 19.0 Å². The first-order valence-electron chi connectivity index (χ1n) is 9.78. The molecule has 8 heteroatoms.